The van der Waals surface area contributed by atoms with Crippen molar-refractivity contribution >= 4 is 21.6 Å². The van der Waals surface area contributed by atoms with Gasteiger partial charge in [-0.2, -0.15) is 0 Å². The number of rotatable bonds is 6. The zero-order chi connectivity index (χ0) is 18.6. The Labute approximate surface area is 148 Å². The monoisotopic (exact) mass is 362 g/mol. The molecule has 6 nitrogen and oxygen atoms in total. The second-order valence-corrected chi connectivity index (χ2v) is 8.01. The number of ether oxygens (including phenoxy) is 1. The van der Waals surface area contributed by atoms with Gasteiger partial charge in [0, 0.05) is 14.1 Å². The topological polar surface area (TPSA) is 75.7 Å². The van der Waals surface area contributed by atoms with Gasteiger partial charge in [0.2, 0.25) is 15.9 Å². The van der Waals surface area contributed by atoms with E-state index in [9.17, 15) is 13.2 Å². The number of anilines is 1. The van der Waals surface area contributed by atoms with Gasteiger partial charge in [0.25, 0.3) is 0 Å². The van der Waals surface area contributed by atoms with E-state index in [0.717, 1.165) is 15.4 Å². The lowest BCUT2D eigenvalue weighted by Gasteiger charge is -2.12. The molecule has 0 unspecified atom stereocenters. The maximum absolute atomic E-state index is 12.3. The number of hydrogen-bond acceptors (Lipinski definition) is 4. The average molecular weight is 362 g/mol. The molecule has 0 fully saturated rings. The summed E-state index contributed by atoms with van der Waals surface area (Å²) in [5, 5.41) is 2.82. The first-order valence-electron chi connectivity index (χ1n) is 7.70. The first-order valence-corrected chi connectivity index (χ1v) is 9.14. The molecule has 7 heteroatoms. The lowest BCUT2D eigenvalue weighted by atomic mass is 10.1. The zero-order valence-corrected chi connectivity index (χ0v) is 15.6. The average Bonchev–Trinajstić information content (AvgIpc) is 2.55. The van der Waals surface area contributed by atoms with Crippen molar-refractivity contribution in [3.8, 4) is 5.75 Å². The smallest absolute Gasteiger partial charge is 0.242 e. The number of nitrogens with zero attached hydrogens (tertiary/aromatic N) is 1. The first-order chi connectivity index (χ1) is 11.7. The Kier molecular flexibility index (Phi) is 5.81. The fraction of sp³-hybridized carbons (Fsp3) is 0.278. The predicted molar refractivity (Wildman–Crippen MR) is 97.4 cm³/mol. The van der Waals surface area contributed by atoms with Crippen LogP contribution in [0, 0.1) is 6.92 Å². The molecule has 134 valence electrons. The highest BCUT2D eigenvalue weighted by Gasteiger charge is 2.17. The maximum atomic E-state index is 12.3. The van der Waals surface area contributed by atoms with Gasteiger partial charge >= 0.3 is 0 Å². The number of hydrogen-bond donors (Lipinski definition) is 1. The van der Waals surface area contributed by atoms with Gasteiger partial charge in [0.1, 0.15) is 5.75 Å². The van der Waals surface area contributed by atoms with E-state index in [4.69, 9.17) is 4.74 Å². The molecule has 0 saturated carbocycles. The van der Waals surface area contributed by atoms with Gasteiger partial charge < -0.3 is 10.1 Å². The summed E-state index contributed by atoms with van der Waals surface area (Å²) in [5.41, 5.74) is 2.34. The maximum Gasteiger partial charge on any atom is 0.242 e. The van der Waals surface area contributed by atoms with Crippen LogP contribution in [0.2, 0.25) is 0 Å². The minimum Gasteiger partial charge on any atom is -0.495 e. The molecule has 0 aliphatic rings. The number of benzene rings is 2. The van der Waals surface area contributed by atoms with Crippen molar-refractivity contribution in [3.63, 3.8) is 0 Å². The highest BCUT2D eigenvalue weighted by molar-refractivity contribution is 7.89. The third-order valence-corrected chi connectivity index (χ3v) is 5.52. The van der Waals surface area contributed by atoms with Gasteiger partial charge in [0.05, 0.1) is 24.1 Å². The number of sulfonamides is 1. The van der Waals surface area contributed by atoms with Gasteiger partial charge in [-0.1, -0.05) is 18.2 Å². The van der Waals surface area contributed by atoms with Crippen molar-refractivity contribution < 1.29 is 17.9 Å². The Morgan fingerprint density at radius 1 is 1.12 bits per heavy atom. The largest absolute Gasteiger partial charge is 0.495 e. The fourth-order valence-corrected chi connectivity index (χ4v) is 3.19. The molecule has 1 amide bonds. The van der Waals surface area contributed by atoms with E-state index in [1.165, 1.54) is 26.2 Å². The summed E-state index contributed by atoms with van der Waals surface area (Å²) in [5.74, 6) is 0.387. The van der Waals surface area contributed by atoms with Gasteiger partial charge in [-0.3, -0.25) is 4.79 Å². The van der Waals surface area contributed by atoms with Gasteiger partial charge in [-0.25, -0.2) is 12.7 Å². The number of carbonyl (C=O) groups is 1. The Morgan fingerprint density at radius 2 is 1.76 bits per heavy atom. The number of methoxy groups -OCH3 is 1. The zero-order valence-electron chi connectivity index (χ0n) is 14.7. The first kappa shape index (κ1) is 19.0. The van der Waals surface area contributed by atoms with E-state index in [2.05, 4.69) is 5.32 Å². The Hall–Kier alpha value is -2.38. The SMILES string of the molecule is COc1ccc(C)cc1NC(=O)Cc1ccc(S(=O)(=O)N(C)C)cc1. The standard InChI is InChI=1S/C18H22N2O4S/c1-13-5-10-17(24-4)16(11-13)19-18(21)12-14-6-8-15(9-7-14)25(22,23)20(2)3/h5-11H,12H2,1-4H3,(H,19,21). The minimum atomic E-state index is -3.47. The summed E-state index contributed by atoms with van der Waals surface area (Å²) in [6.45, 7) is 1.93. The lowest BCUT2D eigenvalue weighted by molar-refractivity contribution is -0.115. The van der Waals surface area contributed by atoms with E-state index in [1.54, 1.807) is 25.3 Å². The predicted octanol–water partition coefficient (Wildman–Crippen LogP) is 2.44. The van der Waals surface area contributed by atoms with Crippen LogP contribution >= 0.6 is 0 Å². The number of amides is 1. The fourth-order valence-electron chi connectivity index (χ4n) is 2.29. The summed E-state index contributed by atoms with van der Waals surface area (Å²) in [6, 6.07) is 11.8. The highest BCUT2D eigenvalue weighted by Crippen LogP contribution is 2.25. The molecule has 0 bridgehead atoms. The summed E-state index contributed by atoms with van der Waals surface area (Å²) >= 11 is 0. The summed E-state index contributed by atoms with van der Waals surface area (Å²) in [6.07, 6.45) is 0.138. The molecule has 0 spiro atoms. The van der Waals surface area contributed by atoms with Crippen LogP contribution < -0.4 is 10.1 Å². The molecule has 2 aromatic rings. The second kappa shape index (κ2) is 7.67. The normalized spacial score (nSPS) is 11.4. The highest BCUT2D eigenvalue weighted by atomic mass is 32.2. The van der Waals surface area contributed by atoms with Crippen molar-refractivity contribution in [3.05, 3.63) is 53.6 Å². The Balaban J connectivity index is 2.10. The van der Waals surface area contributed by atoms with Crippen LogP contribution in [0.1, 0.15) is 11.1 Å². The molecule has 0 saturated heterocycles. The minimum absolute atomic E-state index is 0.138. The molecule has 0 heterocycles. The molecule has 0 aliphatic heterocycles. The lowest BCUT2D eigenvalue weighted by Crippen LogP contribution is -2.22. The van der Waals surface area contributed by atoms with Crippen molar-refractivity contribution in [1.82, 2.24) is 4.31 Å². The summed E-state index contributed by atoms with van der Waals surface area (Å²) in [4.78, 5) is 12.5. The van der Waals surface area contributed by atoms with Crippen molar-refractivity contribution in [2.75, 3.05) is 26.5 Å². The van der Waals surface area contributed by atoms with Crippen molar-refractivity contribution in [2.45, 2.75) is 18.2 Å². The quantitative estimate of drug-likeness (QED) is 0.856. The molecular formula is C18H22N2O4S. The second-order valence-electron chi connectivity index (χ2n) is 5.86. The van der Waals surface area contributed by atoms with Crippen LogP contribution in [-0.4, -0.2) is 39.8 Å². The molecule has 2 rings (SSSR count). The summed E-state index contributed by atoms with van der Waals surface area (Å²) < 4.78 is 30.5. The van der Waals surface area contributed by atoms with Crippen molar-refractivity contribution in [2.24, 2.45) is 0 Å². The summed E-state index contributed by atoms with van der Waals surface area (Å²) in [7, 11) is 1.03. The van der Waals surface area contributed by atoms with Gasteiger partial charge in [-0.15, -0.1) is 0 Å². The van der Waals surface area contributed by atoms with E-state index in [1.807, 2.05) is 19.1 Å². The third kappa shape index (κ3) is 4.58. The Bertz CT molecular complexity index is 859. The van der Waals surface area contributed by atoms with Crippen LogP contribution in [-0.2, 0) is 21.2 Å². The van der Waals surface area contributed by atoms with Crippen LogP contribution in [0.5, 0.6) is 5.75 Å². The van der Waals surface area contributed by atoms with Crippen LogP contribution in [0.25, 0.3) is 0 Å². The number of nitrogens with one attached hydrogen (secondary N) is 1. The van der Waals surface area contributed by atoms with Gasteiger partial charge in [0.15, 0.2) is 0 Å². The van der Waals surface area contributed by atoms with E-state index in [0.29, 0.717) is 11.4 Å². The van der Waals surface area contributed by atoms with E-state index >= 15 is 0 Å². The molecule has 25 heavy (non-hydrogen) atoms. The molecule has 1 N–H and O–H groups in total. The van der Waals surface area contributed by atoms with Gasteiger partial charge in [-0.05, 0) is 42.3 Å². The molecule has 0 aromatic heterocycles. The van der Waals surface area contributed by atoms with Crippen LogP contribution in [0.15, 0.2) is 47.4 Å². The van der Waals surface area contributed by atoms with E-state index < -0.39 is 10.0 Å². The third-order valence-electron chi connectivity index (χ3n) is 3.70. The van der Waals surface area contributed by atoms with Crippen molar-refractivity contribution in [1.29, 1.82) is 0 Å². The molecule has 0 atom stereocenters. The number of carbonyl (C=O) groups excluding carboxylic acids is 1. The molecule has 0 aliphatic carbocycles. The van der Waals surface area contributed by atoms with Crippen LogP contribution in [0.3, 0.4) is 0 Å². The molecular weight excluding hydrogens is 340 g/mol. The number of aryl methyl sites for hydroxylation is 1. The van der Waals surface area contributed by atoms with E-state index in [-0.39, 0.29) is 17.2 Å². The van der Waals surface area contributed by atoms with Crippen LogP contribution in [0.4, 0.5) is 5.69 Å². The molecule has 2 aromatic carbocycles. The Morgan fingerprint density at radius 3 is 2.32 bits per heavy atom. The molecule has 0 radical (unpaired) electrons.